The van der Waals surface area contributed by atoms with E-state index in [1.54, 1.807) is 11.3 Å². The molecule has 0 unspecified atom stereocenters. The maximum Gasteiger partial charge on any atom is 0.227 e. The third kappa shape index (κ3) is 4.89. The van der Waals surface area contributed by atoms with Crippen LogP contribution < -0.4 is 0 Å². The number of thiophene rings is 1. The summed E-state index contributed by atoms with van der Waals surface area (Å²) < 4.78 is 12.9. The number of piperazine rings is 1. The Labute approximate surface area is 146 Å². The van der Waals surface area contributed by atoms with E-state index in [0.717, 1.165) is 50.4 Å². The average molecular weight is 346 g/mol. The predicted molar refractivity (Wildman–Crippen MR) is 95.8 cm³/mol. The quantitative estimate of drug-likeness (QED) is 0.802. The highest BCUT2D eigenvalue weighted by Gasteiger charge is 2.20. The molecule has 0 N–H and O–H groups in total. The third-order valence-electron chi connectivity index (χ3n) is 4.48. The lowest BCUT2D eigenvalue weighted by atomic mass is 10.1. The lowest BCUT2D eigenvalue weighted by Crippen LogP contribution is -2.49. The van der Waals surface area contributed by atoms with Gasteiger partial charge in [0.1, 0.15) is 5.82 Å². The molecule has 0 aliphatic carbocycles. The minimum atomic E-state index is -0.179. The van der Waals surface area contributed by atoms with Gasteiger partial charge in [-0.05, 0) is 48.5 Å². The number of aryl methyl sites for hydroxylation is 1. The third-order valence-corrected chi connectivity index (χ3v) is 5.36. The summed E-state index contributed by atoms with van der Waals surface area (Å²) >= 11 is 1.64. The van der Waals surface area contributed by atoms with Gasteiger partial charge in [0.2, 0.25) is 5.91 Å². The van der Waals surface area contributed by atoms with Crippen molar-refractivity contribution in [3.05, 3.63) is 58.0 Å². The lowest BCUT2D eigenvalue weighted by Gasteiger charge is -2.34. The van der Waals surface area contributed by atoms with E-state index in [4.69, 9.17) is 0 Å². The van der Waals surface area contributed by atoms with Gasteiger partial charge in [-0.1, -0.05) is 18.2 Å². The minimum absolute atomic E-state index is 0.179. The standard InChI is InChI=1S/C19H23FN2OS/c20-17-7-5-16(6-8-17)3-1-9-21-10-12-22(13-11-21)19(23)15-18-4-2-14-24-18/h2,4-8,14H,1,3,9-13,15H2. The lowest BCUT2D eigenvalue weighted by molar-refractivity contribution is -0.132. The molecule has 1 saturated heterocycles. The van der Waals surface area contributed by atoms with Crippen molar-refractivity contribution >= 4 is 17.2 Å². The molecule has 2 aromatic rings. The molecule has 5 heteroatoms. The zero-order valence-corrected chi connectivity index (χ0v) is 14.6. The van der Waals surface area contributed by atoms with Crippen molar-refractivity contribution in [1.29, 1.82) is 0 Å². The van der Waals surface area contributed by atoms with Crippen LogP contribution in [-0.2, 0) is 17.6 Å². The number of hydrogen-bond donors (Lipinski definition) is 0. The number of nitrogens with zero attached hydrogens (tertiary/aromatic N) is 2. The molecule has 0 spiro atoms. The molecule has 24 heavy (non-hydrogen) atoms. The van der Waals surface area contributed by atoms with Crippen LogP contribution in [0.5, 0.6) is 0 Å². The van der Waals surface area contributed by atoms with E-state index in [2.05, 4.69) is 4.90 Å². The monoisotopic (exact) mass is 346 g/mol. The van der Waals surface area contributed by atoms with Gasteiger partial charge in [0.25, 0.3) is 0 Å². The van der Waals surface area contributed by atoms with Crippen molar-refractivity contribution in [3.8, 4) is 0 Å². The average Bonchev–Trinajstić information content (AvgIpc) is 3.10. The number of rotatable bonds is 6. The van der Waals surface area contributed by atoms with Gasteiger partial charge in [-0.15, -0.1) is 11.3 Å². The van der Waals surface area contributed by atoms with E-state index in [1.807, 2.05) is 34.5 Å². The number of carbonyl (C=O) groups excluding carboxylic acids is 1. The zero-order valence-electron chi connectivity index (χ0n) is 13.8. The first-order chi connectivity index (χ1) is 11.7. The summed E-state index contributed by atoms with van der Waals surface area (Å²) in [4.78, 5) is 17.8. The van der Waals surface area contributed by atoms with Crippen LogP contribution in [-0.4, -0.2) is 48.4 Å². The number of carbonyl (C=O) groups is 1. The van der Waals surface area contributed by atoms with Crippen LogP contribution in [0.1, 0.15) is 16.9 Å². The zero-order chi connectivity index (χ0) is 16.8. The molecule has 1 fully saturated rings. The summed E-state index contributed by atoms with van der Waals surface area (Å²) in [5.41, 5.74) is 1.18. The first kappa shape index (κ1) is 17.1. The van der Waals surface area contributed by atoms with Crippen molar-refractivity contribution in [2.75, 3.05) is 32.7 Å². The topological polar surface area (TPSA) is 23.6 Å². The number of benzene rings is 1. The summed E-state index contributed by atoms with van der Waals surface area (Å²) in [5, 5.41) is 2.02. The Hall–Kier alpha value is -1.72. The molecule has 1 aliphatic heterocycles. The minimum Gasteiger partial charge on any atom is -0.340 e. The van der Waals surface area contributed by atoms with Gasteiger partial charge in [0, 0.05) is 31.1 Å². The molecule has 1 aromatic carbocycles. The van der Waals surface area contributed by atoms with Crippen LogP contribution in [0.25, 0.3) is 0 Å². The molecular formula is C19H23FN2OS. The fourth-order valence-electron chi connectivity index (χ4n) is 3.05. The molecule has 128 valence electrons. The molecule has 1 aliphatic rings. The number of hydrogen-bond acceptors (Lipinski definition) is 3. The normalized spacial score (nSPS) is 15.6. The maximum absolute atomic E-state index is 12.9. The highest BCUT2D eigenvalue weighted by Crippen LogP contribution is 2.12. The summed E-state index contributed by atoms with van der Waals surface area (Å²) in [6.45, 7) is 4.56. The van der Waals surface area contributed by atoms with E-state index in [9.17, 15) is 9.18 Å². The molecule has 0 bridgehead atoms. The second-order valence-corrected chi connectivity index (χ2v) is 7.24. The highest BCUT2D eigenvalue weighted by atomic mass is 32.1. The Balaban J connectivity index is 1.36. The molecule has 0 radical (unpaired) electrons. The first-order valence-electron chi connectivity index (χ1n) is 8.48. The SMILES string of the molecule is O=C(Cc1cccs1)N1CCN(CCCc2ccc(F)cc2)CC1. The predicted octanol–water partition coefficient (Wildman–Crippen LogP) is 3.21. The van der Waals surface area contributed by atoms with E-state index < -0.39 is 0 Å². The number of halogens is 1. The van der Waals surface area contributed by atoms with Gasteiger partial charge in [-0.2, -0.15) is 0 Å². The van der Waals surface area contributed by atoms with E-state index >= 15 is 0 Å². The molecule has 1 aromatic heterocycles. The van der Waals surface area contributed by atoms with Gasteiger partial charge in [-0.3, -0.25) is 9.69 Å². The van der Waals surface area contributed by atoms with Crippen molar-refractivity contribution in [2.24, 2.45) is 0 Å². The Kier molecular flexibility index (Phi) is 5.99. The fraction of sp³-hybridized carbons (Fsp3) is 0.421. The Morgan fingerprint density at radius 2 is 1.83 bits per heavy atom. The van der Waals surface area contributed by atoms with Crippen LogP contribution in [0, 0.1) is 5.82 Å². The Bertz CT molecular complexity index is 634. The van der Waals surface area contributed by atoms with Crippen molar-refractivity contribution < 1.29 is 9.18 Å². The van der Waals surface area contributed by atoms with Gasteiger partial charge in [0.15, 0.2) is 0 Å². The molecule has 0 atom stereocenters. The molecule has 2 heterocycles. The van der Waals surface area contributed by atoms with Gasteiger partial charge in [-0.25, -0.2) is 4.39 Å². The van der Waals surface area contributed by atoms with Crippen LogP contribution in [0.2, 0.25) is 0 Å². The Morgan fingerprint density at radius 3 is 2.50 bits per heavy atom. The fourth-order valence-corrected chi connectivity index (χ4v) is 3.75. The smallest absolute Gasteiger partial charge is 0.227 e. The van der Waals surface area contributed by atoms with Crippen LogP contribution in [0.4, 0.5) is 4.39 Å². The van der Waals surface area contributed by atoms with E-state index in [1.165, 1.54) is 17.7 Å². The van der Waals surface area contributed by atoms with Gasteiger partial charge >= 0.3 is 0 Å². The largest absolute Gasteiger partial charge is 0.340 e. The van der Waals surface area contributed by atoms with E-state index in [0.29, 0.717) is 6.42 Å². The van der Waals surface area contributed by atoms with Crippen molar-refractivity contribution in [2.45, 2.75) is 19.3 Å². The van der Waals surface area contributed by atoms with Crippen LogP contribution in [0.15, 0.2) is 41.8 Å². The van der Waals surface area contributed by atoms with Crippen molar-refractivity contribution in [1.82, 2.24) is 9.80 Å². The molecule has 1 amide bonds. The highest BCUT2D eigenvalue weighted by molar-refractivity contribution is 7.10. The molecule has 0 saturated carbocycles. The Morgan fingerprint density at radius 1 is 1.08 bits per heavy atom. The summed E-state index contributed by atoms with van der Waals surface area (Å²) in [5.74, 6) is 0.0606. The summed E-state index contributed by atoms with van der Waals surface area (Å²) in [6, 6.07) is 10.8. The van der Waals surface area contributed by atoms with Crippen LogP contribution in [0.3, 0.4) is 0 Å². The second-order valence-electron chi connectivity index (χ2n) is 6.21. The second kappa shape index (κ2) is 8.40. The van der Waals surface area contributed by atoms with E-state index in [-0.39, 0.29) is 11.7 Å². The maximum atomic E-state index is 12.9. The summed E-state index contributed by atoms with van der Waals surface area (Å²) in [7, 11) is 0. The van der Waals surface area contributed by atoms with Crippen LogP contribution >= 0.6 is 11.3 Å². The molecule has 3 rings (SSSR count). The van der Waals surface area contributed by atoms with Gasteiger partial charge < -0.3 is 4.90 Å². The molecular weight excluding hydrogens is 323 g/mol. The van der Waals surface area contributed by atoms with Crippen molar-refractivity contribution in [3.63, 3.8) is 0 Å². The number of amides is 1. The molecule has 3 nitrogen and oxygen atoms in total. The summed E-state index contributed by atoms with van der Waals surface area (Å²) in [6.07, 6.45) is 2.56. The first-order valence-corrected chi connectivity index (χ1v) is 9.35. The van der Waals surface area contributed by atoms with Gasteiger partial charge in [0.05, 0.1) is 6.42 Å².